The molecule has 0 aliphatic heterocycles. The van der Waals surface area contributed by atoms with Crippen LogP contribution in [0.25, 0.3) is 85.6 Å². The first-order valence-corrected chi connectivity index (χ1v) is 26.8. The van der Waals surface area contributed by atoms with Crippen molar-refractivity contribution in [2.24, 2.45) is 11.8 Å². The molecule has 11 rings (SSSR count). The third kappa shape index (κ3) is 7.62. The van der Waals surface area contributed by atoms with Crippen LogP contribution in [0.3, 0.4) is 0 Å². The fourth-order valence-corrected chi connectivity index (χ4v) is 17.7. The SMILES string of the molecule is CC=CC=CCC1CC(N(C)C)=CC(C2C=CC=CC2)=C1c1cc2sc3cc(-c4cc5sc6cc(-c7c(-c8ccccc8)cc(N(C)C)cc7-c7ccccc7)sc6c5s4)sc3c2s1. The second-order valence-corrected chi connectivity index (χ2v) is 23.5. The molecule has 0 amide bonds. The Morgan fingerprint density at radius 3 is 1.67 bits per heavy atom. The first-order valence-electron chi connectivity index (χ1n) is 21.9. The highest BCUT2D eigenvalue weighted by atomic mass is 32.1. The van der Waals surface area contributed by atoms with E-state index in [-0.39, 0.29) is 0 Å². The number of hydrogen-bond donors (Lipinski definition) is 0. The average molecular weight is 941 g/mol. The van der Waals surface area contributed by atoms with Crippen molar-refractivity contribution in [3.63, 3.8) is 0 Å². The van der Waals surface area contributed by atoms with E-state index in [1.54, 1.807) is 5.57 Å². The summed E-state index contributed by atoms with van der Waals surface area (Å²) in [6, 6.07) is 36.5. The lowest BCUT2D eigenvalue weighted by molar-refractivity contribution is 0.453. The number of hydrogen-bond acceptors (Lipinski definition) is 8. The summed E-state index contributed by atoms with van der Waals surface area (Å²) in [5.74, 6) is 0.825. The molecule has 2 aliphatic rings. The first-order chi connectivity index (χ1) is 31.3. The van der Waals surface area contributed by atoms with Gasteiger partial charge in [0.15, 0.2) is 0 Å². The first kappa shape index (κ1) is 41.6. The lowest BCUT2D eigenvalue weighted by Gasteiger charge is -2.33. The average Bonchev–Trinajstić information content (AvgIpc) is 4.18. The molecule has 6 aromatic heterocycles. The molecule has 0 bridgehead atoms. The molecule has 2 unspecified atom stereocenters. The maximum atomic E-state index is 2.53. The van der Waals surface area contributed by atoms with Gasteiger partial charge in [-0.25, -0.2) is 0 Å². The van der Waals surface area contributed by atoms with Crippen molar-refractivity contribution in [3.05, 3.63) is 168 Å². The minimum absolute atomic E-state index is 0.393. The number of thiophene rings is 6. The molecule has 0 spiro atoms. The number of benzene rings is 3. The molecular formula is C56H48N2S6. The second-order valence-electron chi connectivity index (χ2n) is 17.1. The summed E-state index contributed by atoms with van der Waals surface area (Å²) in [6.45, 7) is 2.09. The van der Waals surface area contributed by atoms with Crippen molar-refractivity contribution in [2.75, 3.05) is 33.1 Å². The summed E-state index contributed by atoms with van der Waals surface area (Å²) in [5.41, 5.74) is 12.0. The van der Waals surface area contributed by atoms with Gasteiger partial charge in [-0.15, -0.1) is 68.0 Å². The molecule has 9 aromatic rings. The normalized spacial score (nSPS) is 16.9. The zero-order valence-corrected chi connectivity index (χ0v) is 41.5. The van der Waals surface area contributed by atoms with Crippen LogP contribution in [0.2, 0.25) is 0 Å². The van der Waals surface area contributed by atoms with Crippen LogP contribution < -0.4 is 4.90 Å². The van der Waals surface area contributed by atoms with Crippen molar-refractivity contribution < 1.29 is 0 Å². The molecule has 8 heteroatoms. The van der Waals surface area contributed by atoms with Gasteiger partial charge in [0.2, 0.25) is 0 Å². The zero-order valence-electron chi connectivity index (χ0n) is 36.6. The van der Waals surface area contributed by atoms with E-state index in [1.165, 1.54) is 102 Å². The zero-order chi connectivity index (χ0) is 43.5. The van der Waals surface area contributed by atoms with Crippen LogP contribution in [0.5, 0.6) is 0 Å². The van der Waals surface area contributed by atoms with Crippen LogP contribution in [0, 0.1) is 11.8 Å². The Balaban J connectivity index is 0.987. The molecular weight excluding hydrogens is 893 g/mol. The van der Waals surface area contributed by atoms with Crippen LogP contribution in [-0.2, 0) is 0 Å². The predicted octanol–water partition coefficient (Wildman–Crippen LogP) is 18.3. The summed E-state index contributed by atoms with van der Waals surface area (Å²) in [4.78, 5) is 10.1. The molecule has 3 aromatic carbocycles. The topological polar surface area (TPSA) is 6.48 Å². The lowest BCUT2D eigenvalue weighted by Crippen LogP contribution is -2.22. The fourth-order valence-electron chi connectivity index (χ4n) is 9.32. The van der Waals surface area contributed by atoms with Crippen molar-refractivity contribution in [1.29, 1.82) is 0 Å². The Hall–Kier alpha value is -5.06. The lowest BCUT2D eigenvalue weighted by atomic mass is 9.76. The van der Waals surface area contributed by atoms with Gasteiger partial charge in [-0.05, 0) is 108 Å². The Morgan fingerprint density at radius 2 is 1.14 bits per heavy atom. The van der Waals surface area contributed by atoms with E-state index in [4.69, 9.17) is 0 Å². The van der Waals surface area contributed by atoms with E-state index < -0.39 is 0 Å². The van der Waals surface area contributed by atoms with Crippen LogP contribution >= 0.6 is 68.0 Å². The van der Waals surface area contributed by atoms with Crippen LogP contribution in [0.4, 0.5) is 5.69 Å². The molecule has 64 heavy (non-hydrogen) atoms. The third-order valence-corrected chi connectivity index (χ3v) is 20.3. The Kier molecular flexibility index (Phi) is 11.3. The standard InChI is InChI=1S/C56H48N2S6/c1-6-7-8-12-25-37-26-38(57(2)3)27-40(34-19-13-9-14-20-34)51(37)45-32-49-55(63-45)53-47(59-49)30-43(61-53)44-31-48-54(62-44)56-50(60-48)33-46(64-56)52-41(35-21-15-10-16-22-35)28-39(58(4)5)29-42(52)36-23-17-11-18-24-36/h6-19,21-24,27-34,37H,20,25-26H2,1-5H3. The van der Waals surface area contributed by atoms with E-state index in [0.717, 1.165) is 19.3 Å². The smallest absolute Gasteiger partial charge is 0.0636 e. The minimum atomic E-state index is 0.393. The summed E-state index contributed by atoms with van der Waals surface area (Å²) in [5, 5.41) is 0. The van der Waals surface area contributed by atoms with Gasteiger partial charge in [0.05, 0.1) is 18.8 Å². The van der Waals surface area contributed by atoms with Gasteiger partial charge in [0, 0.05) is 89.4 Å². The predicted molar refractivity (Wildman–Crippen MR) is 292 cm³/mol. The third-order valence-electron chi connectivity index (χ3n) is 12.5. The maximum absolute atomic E-state index is 2.53. The van der Waals surface area contributed by atoms with Crippen LogP contribution in [-0.4, -0.2) is 33.1 Å². The highest BCUT2D eigenvalue weighted by molar-refractivity contribution is 7.42. The van der Waals surface area contributed by atoms with Crippen molar-refractivity contribution in [1.82, 2.24) is 4.90 Å². The molecule has 0 N–H and O–H groups in total. The molecule has 2 aliphatic carbocycles. The number of rotatable bonds is 11. The van der Waals surface area contributed by atoms with Gasteiger partial charge in [0.25, 0.3) is 0 Å². The van der Waals surface area contributed by atoms with Gasteiger partial charge in [-0.1, -0.05) is 109 Å². The van der Waals surface area contributed by atoms with Gasteiger partial charge in [0.1, 0.15) is 0 Å². The van der Waals surface area contributed by atoms with Crippen molar-refractivity contribution in [2.45, 2.75) is 26.2 Å². The molecule has 6 heterocycles. The van der Waals surface area contributed by atoms with Gasteiger partial charge in [-0.2, -0.15) is 0 Å². The molecule has 0 radical (unpaired) electrons. The minimum Gasteiger partial charge on any atom is -0.381 e. The Morgan fingerprint density at radius 1 is 0.594 bits per heavy atom. The van der Waals surface area contributed by atoms with E-state index in [9.17, 15) is 0 Å². The highest BCUT2D eigenvalue weighted by Crippen LogP contribution is 2.55. The number of anilines is 1. The molecule has 0 saturated heterocycles. The van der Waals surface area contributed by atoms with E-state index in [2.05, 4.69) is 197 Å². The van der Waals surface area contributed by atoms with Crippen molar-refractivity contribution >= 4 is 117 Å². The van der Waals surface area contributed by atoms with Crippen LogP contribution in [0.1, 0.15) is 31.1 Å². The van der Waals surface area contributed by atoms with Gasteiger partial charge >= 0.3 is 0 Å². The number of fused-ring (bicyclic) bond motifs is 6. The summed E-state index contributed by atoms with van der Waals surface area (Å²) >= 11 is 11.9. The summed E-state index contributed by atoms with van der Waals surface area (Å²) < 4.78 is 11.3. The second kappa shape index (κ2) is 17.4. The molecule has 2 nitrogen and oxygen atoms in total. The van der Waals surface area contributed by atoms with Gasteiger partial charge < -0.3 is 9.80 Å². The fraction of sp³-hybridized carbons (Fsp3) is 0.179. The largest absolute Gasteiger partial charge is 0.381 e. The molecule has 318 valence electrons. The monoisotopic (exact) mass is 940 g/mol. The van der Waals surface area contributed by atoms with Gasteiger partial charge in [-0.3, -0.25) is 0 Å². The Bertz CT molecular complexity index is 3320. The molecule has 0 saturated carbocycles. The number of allylic oxidation sites excluding steroid dienone is 12. The van der Waals surface area contributed by atoms with E-state index >= 15 is 0 Å². The van der Waals surface area contributed by atoms with Crippen molar-refractivity contribution in [3.8, 4) is 42.4 Å². The quantitative estimate of drug-likeness (QED) is 0.119. The molecule has 2 atom stereocenters. The molecule has 0 fully saturated rings. The summed E-state index contributed by atoms with van der Waals surface area (Å²) in [6.07, 6.45) is 23.7. The number of nitrogens with zero attached hydrogens (tertiary/aromatic N) is 2. The maximum Gasteiger partial charge on any atom is 0.0636 e. The highest BCUT2D eigenvalue weighted by Gasteiger charge is 2.30. The Labute approximate surface area is 400 Å². The van der Waals surface area contributed by atoms with E-state index in [0.29, 0.717) is 11.8 Å². The van der Waals surface area contributed by atoms with Crippen LogP contribution in [0.15, 0.2) is 163 Å². The van der Waals surface area contributed by atoms with E-state index in [1.807, 2.05) is 68.0 Å². The summed E-state index contributed by atoms with van der Waals surface area (Å²) in [7, 11) is 8.69.